The van der Waals surface area contributed by atoms with E-state index in [9.17, 15) is 45.8 Å². The average molecular weight is 599 g/mol. The van der Waals surface area contributed by atoms with Crippen LogP contribution in [-0.2, 0) is 22.2 Å². The van der Waals surface area contributed by atoms with Gasteiger partial charge in [-0.15, -0.1) is 0 Å². The molecule has 15 heteroatoms. The van der Waals surface area contributed by atoms with Gasteiger partial charge in [-0.25, -0.2) is 9.97 Å². The number of aromatic nitrogens is 2. The van der Waals surface area contributed by atoms with Crippen LogP contribution in [0.1, 0.15) is 35.2 Å². The molecule has 1 unspecified atom stereocenters. The van der Waals surface area contributed by atoms with Crippen molar-refractivity contribution in [3.05, 3.63) is 65.7 Å². The van der Waals surface area contributed by atoms with Crippen LogP contribution < -0.4 is 4.90 Å². The summed E-state index contributed by atoms with van der Waals surface area (Å²) >= 11 is 0. The van der Waals surface area contributed by atoms with Crippen molar-refractivity contribution in [2.75, 3.05) is 31.1 Å². The van der Waals surface area contributed by atoms with E-state index in [1.807, 2.05) is 0 Å². The molecule has 0 bridgehead atoms. The number of pyridine rings is 1. The van der Waals surface area contributed by atoms with Gasteiger partial charge in [-0.1, -0.05) is 24.3 Å². The van der Waals surface area contributed by atoms with Crippen LogP contribution in [0.15, 0.2) is 53.1 Å². The highest BCUT2D eigenvalue weighted by Crippen LogP contribution is 2.36. The molecule has 1 aliphatic rings. The molecule has 4 rings (SSSR count). The van der Waals surface area contributed by atoms with Gasteiger partial charge in [0.2, 0.25) is 23.0 Å². The van der Waals surface area contributed by atoms with E-state index >= 15 is 0 Å². The number of aliphatic hydroxyl groups is 1. The van der Waals surface area contributed by atoms with Crippen molar-refractivity contribution in [2.24, 2.45) is 0 Å². The van der Waals surface area contributed by atoms with Crippen LogP contribution >= 0.6 is 0 Å². The number of amides is 1. The van der Waals surface area contributed by atoms with Crippen LogP contribution in [0.25, 0.3) is 11.5 Å². The number of nitrogens with zero attached hydrogens (tertiary/aromatic N) is 4. The number of oxazole rings is 1. The van der Waals surface area contributed by atoms with Gasteiger partial charge in [0.05, 0.1) is 6.42 Å². The normalized spacial score (nSPS) is 15.8. The number of rotatable bonds is 8. The maximum Gasteiger partial charge on any atom is 0.437 e. The molecule has 224 valence electrons. The second-order valence-electron chi connectivity index (χ2n) is 9.70. The number of piperazine rings is 1. The molecule has 1 saturated heterocycles. The highest BCUT2D eigenvalue weighted by Gasteiger charge is 2.61. The molecule has 0 saturated carbocycles. The van der Waals surface area contributed by atoms with Gasteiger partial charge in [0.15, 0.2) is 5.69 Å². The Labute approximate surface area is 234 Å². The SMILES string of the molecule is CC(=O)CC(O)(C(=O)N1CCN(c2ccc(CC(=O)c3oc(-c4ccccc4)nc3C(F)(F)F)cn2)CC1)C(F)(F)F. The third-order valence-corrected chi connectivity index (χ3v) is 6.56. The van der Waals surface area contributed by atoms with Crippen molar-refractivity contribution in [1.29, 1.82) is 0 Å². The maximum atomic E-state index is 13.6. The molecule has 1 atom stereocenters. The van der Waals surface area contributed by atoms with E-state index in [4.69, 9.17) is 4.42 Å². The van der Waals surface area contributed by atoms with Crippen molar-refractivity contribution in [3.8, 4) is 11.5 Å². The number of alkyl halides is 6. The number of hydrogen-bond donors (Lipinski definition) is 1. The van der Waals surface area contributed by atoms with E-state index in [2.05, 4.69) is 9.97 Å². The lowest BCUT2D eigenvalue weighted by Gasteiger charge is -2.39. The lowest BCUT2D eigenvalue weighted by Crippen LogP contribution is -2.62. The topological polar surface area (TPSA) is 117 Å². The average Bonchev–Trinajstić information content (AvgIpc) is 3.40. The lowest BCUT2D eigenvalue weighted by molar-refractivity contribution is -0.257. The van der Waals surface area contributed by atoms with Crippen molar-refractivity contribution in [2.45, 2.75) is 37.7 Å². The second kappa shape index (κ2) is 11.5. The first-order chi connectivity index (χ1) is 19.6. The molecule has 1 fully saturated rings. The summed E-state index contributed by atoms with van der Waals surface area (Å²) in [6.45, 7) is 0.521. The summed E-state index contributed by atoms with van der Waals surface area (Å²) in [4.78, 5) is 46.8. The molecule has 3 aromatic rings. The third-order valence-electron chi connectivity index (χ3n) is 6.56. The predicted molar refractivity (Wildman–Crippen MR) is 134 cm³/mol. The minimum atomic E-state index is -5.35. The molecule has 0 radical (unpaired) electrons. The molecule has 1 aliphatic heterocycles. The molecule has 3 heterocycles. The van der Waals surface area contributed by atoms with Gasteiger partial charge < -0.3 is 19.3 Å². The molecular weight excluding hydrogens is 574 g/mol. The Morgan fingerprint density at radius 1 is 0.952 bits per heavy atom. The molecule has 0 spiro atoms. The standard InChI is InChI=1S/C27H24F6N4O5/c1-16(38)14-25(41,27(31,32)33)24(40)37-11-9-36(10-12-37)20-8-7-17(15-34-20)13-19(39)21-22(26(28,29)30)35-23(42-21)18-5-3-2-4-6-18/h2-8,15,41H,9-14H2,1H3. The number of halogens is 6. The minimum absolute atomic E-state index is 0.0420. The predicted octanol–water partition coefficient (Wildman–Crippen LogP) is 4.10. The monoisotopic (exact) mass is 598 g/mol. The van der Waals surface area contributed by atoms with Crippen LogP contribution in [0, 0.1) is 0 Å². The highest BCUT2D eigenvalue weighted by atomic mass is 19.4. The smallest absolute Gasteiger partial charge is 0.432 e. The fraction of sp³-hybridized carbons (Fsp3) is 0.370. The summed E-state index contributed by atoms with van der Waals surface area (Å²) in [6.07, 6.45) is -10.9. The first kappa shape index (κ1) is 30.7. The molecular formula is C27H24F6N4O5. The molecule has 0 aliphatic carbocycles. The van der Waals surface area contributed by atoms with Gasteiger partial charge in [-0.05, 0) is 30.7 Å². The highest BCUT2D eigenvalue weighted by molar-refractivity contribution is 5.96. The fourth-order valence-corrected chi connectivity index (χ4v) is 4.44. The molecule has 42 heavy (non-hydrogen) atoms. The molecule has 9 nitrogen and oxygen atoms in total. The Balaban J connectivity index is 1.42. The Bertz CT molecular complexity index is 1450. The van der Waals surface area contributed by atoms with Gasteiger partial charge in [-0.2, -0.15) is 26.3 Å². The summed E-state index contributed by atoms with van der Waals surface area (Å²) in [5.41, 5.74) is -4.74. The lowest BCUT2D eigenvalue weighted by atomic mass is 9.94. The molecule has 1 amide bonds. The van der Waals surface area contributed by atoms with Crippen molar-refractivity contribution >= 4 is 23.3 Å². The Morgan fingerprint density at radius 2 is 1.60 bits per heavy atom. The van der Waals surface area contributed by atoms with Crippen LogP contribution in [-0.4, -0.2) is 75.4 Å². The van der Waals surface area contributed by atoms with Crippen LogP contribution in [0.5, 0.6) is 0 Å². The third kappa shape index (κ3) is 6.45. The zero-order valence-electron chi connectivity index (χ0n) is 22.0. The number of carbonyl (C=O) groups is 3. The largest absolute Gasteiger partial charge is 0.437 e. The first-order valence-electron chi connectivity index (χ1n) is 12.5. The van der Waals surface area contributed by atoms with E-state index < -0.39 is 59.7 Å². The van der Waals surface area contributed by atoms with Gasteiger partial charge in [0.1, 0.15) is 11.6 Å². The van der Waals surface area contributed by atoms with Crippen LogP contribution in [0.3, 0.4) is 0 Å². The molecule has 1 N–H and O–H groups in total. The number of Topliss-reactive ketones (excluding diaryl/α,β-unsaturated/α-hetero) is 2. The van der Waals surface area contributed by atoms with Gasteiger partial charge >= 0.3 is 12.4 Å². The first-order valence-corrected chi connectivity index (χ1v) is 12.5. The van der Waals surface area contributed by atoms with E-state index in [1.54, 1.807) is 23.1 Å². The van der Waals surface area contributed by atoms with Crippen LogP contribution in [0.2, 0.25) is 0 Å². The number of carbonyl (C=O) groups excluding carboxylic acids is 3. The second-order valence-corrected chi connectivity index (χ2v) is 9.70. The molecule has 1 aromatic carbocycles. The number of anilines is 1. The summed E-state index contributed by atoms with van der Waals surface area (Å²) in [5, 5.41) is 10.1. The summed E-state index contributed by atoms with van der Waals surface area (Å²) in [5.74, 6) is -4.54. The summed E-state index contributed by atoms with van der Waals surface area (Å²) in [7, 11) is 0. The van der Waals surface area contributed by atoms with Crippen molar-refractivity contribution in [3.63, 3.8) is 0 Å². The van der Waals surface area contributed by atoms with E-state index in [1.165, 1.54) is 30.5 Å². The summed E-state index contributed by atoms with van der Waals surface area (Å²) in [6, 6.07) is 10.7. The quantitative estimate of drug-likeness (QED) is 0.305. The molecule has 2 aromatic heterocycles. The van der Waals surface area contributed by atoms with Gasteiger partial charge in [0, 0.05) is 44.4 Å². The van der Waals surface area contributed by atoms with Crippen molar-refractivity contribution < 1.29 is 50.2 Å². The van der Waals surface area contributed by atoms with Crippen molar-refractivity contribution in [1.82, 2.24) is 14.9 Å². The Hall–Kier alpha value is -4.27. The fourth-order valence-electron chi connectivity index (χ4n) is 4.44. The Morgan fingerprint density at radius 3 is 2.12 bits per heavy atom. The van der Waals surface area contributed by atoms with Crippen LogP contribution in [0.4, 0.5) is 32.2 Å². The maximum absolute atomic E-state index is 13.6. The zero-order valence-corrected chi connectivity index (χ0v) is 22.0. The number of benzene rings is 1. The van der Waals surface area contributed by atoms with E-state index in [0.717, 1.165) is 11.8 Å². The number of ketones is 2. The number of hydrogen-bond acceptors (Lipinski definition) is 8. The van der Waals surface area contributed by atoms with Gasteiger partial charge in [0.25, 0.3) is 5.91 Å². The summed E-state index contributed by atoms with van der Waals surface area (Å²) < 4.78 is 86.3. The van der Waals surface area contributed by atoms with E-state index in [0.29, 0.717) is 5.82 Å². The van der Waals surface area contributed by atoms with Gasteiger partial charge in [-0.3, -0.25) is 14.4 Å². The van der Waals surface area contributed by atoms with E-state index in [-0.39, 0.29) is 43.2 Å². The zero-order chi connectivity index (χ0) is 30.9. The Kier molecular flexibility index (Phi) is 8.43. The minimum Gasteiger partial charge on any atom is -0.432 e.